The Balaban J connectivity index is 1.42. The van der Waals surface area contributed by atoms with Crippen molar-refractivity contribution in [3.63, 3.8) is 0 Å². The molecule has 0 aliphatic carbocycles. The Morgan fingerprint density at radius 3 is 2.48 bits per heavy atom. The Kier molecular flexibility index (Phi) is 10.3. The van der Waals surface area contributed by atoms with Crippen LogP contribution in [0, 0.1) is 5.92 Å². The van der Waals surface area contributed by atoms with Crippen LogP contribution in [0.3, 0.4) is 0 Å². The van der Waals surface area contributed by atoms with Crippen LogP contribution in [0.15, 0.2) is 71.6 Å². The number of ether oxygens (including phenoxy) is 3. The van der Waals surface area contributed by atoms with Gasteiger partial charge in [0.15, 0.2) is 0 Å². The zero-order valence-corrected chi connectivity index (χ0v) is 25.4. The number of carbonyl (C=O) groups is 1. The van der Waals surface area contributed by atoms with E-state index in [0.717, 1.165) is 12.0 Å². The standard InChI is InChI=1S/C32H40N2O7S/c1-22(2)20-34(42(37,38)27-14-12-25(39-4)13-15-27)29-16-11-24(19-30(29)35)10-9-23(3)33-32(36)28-7-5-6-8-31(28)41-26-17-18-40-21-26/h5-8,11-16,19,22-23,26,35H,9-10,17-18,20-21H2,1-4H3,(H,33,36)/t23-,26-/m0/s1. The van der Waals surface area contributed by atoms with E-state index in [1.54, 1.807) is 42.5 Å². The lowest BCUT2D eigenvalue weighted by atomic mass is 10.0. The number of sulfonamides is 1. The van der Waals surface area contributed by atoms with Crippen LogP contribution in [0.25, 0.3) is 0 Å². The molecule has 1 aliphatic heterocycles. The van der Waals surface area contributed by atoms with E-state index in [9.17, 15) is 18.3 Å². The summed E-state index contributed by atoms with van der Waals surface area (Å²) in [4.78, 5) is 13.1. The summed E-state index contributed by atoms with van der Waals surface area (Å²) < 4.78 is 44.9. The van der Waals surface area contributed by atoms with Crippen molar-refractivity contribution in [3.05, 3.63) is 77.9 Å². The molecule has 1 aliphatic rings. The van der Waals surface area contributed by atoms with Gasteiger partial charge in [-0.05, 0) is 79.8 Å². The number of nitrogens with one attached hydrogen (secondary N) is 1. The number of methoxy groups -OCH3 is 1. The smallest absolute Gasteiger partial charge is 0.264 e. The fourth-order valence-corrected chi connectivity index (χ4v) is 6.41. The maximum Gasteiger partial charge on any atom is 0.264 e. The molecule has 0 bridgehead atoms. The number of para-hydroxylation sites is 1. The van der Waals surface area contributed by atoms with Crippen molar-refractivity contribution in [1.82, 2.24) is 5.32 Å². The molecule has 3 aromatic rings. The predicted molar refractivity (Wildman–Crippen MR) is 162 cm³/mol. The van der Waals surface area contributed by atoms with Crippen LogP contribution >= 0.6 is 0 Å². The number of anilines is 1. The first kappa shape index (κ1) is 31.2. The molecule has 4 rings (SSSR count). The summed E-state index contributed by atoms with van der Waals surface area (Å²) >= 11 is 0. The molecule has 0 aromatic heterocycles. The van der Waals surface area contributed by atoms with E-state index in [-0.39, 0.29) is 46.8 Å². The fraction of sp³-hybridized carbons (Fsp3) is 0.406. The quantitative estimate of drug-likeness (QED) is 0.280. The summed E-state index contributed by atoms with van der Waals surface area (Å²) in [7, 11) is -2.41. The van der Waals surface area contributed by atoms with Crippen LogP contribution in [0.4, 0.5) is 5.69 Å². The Morgan fingerprint density at radius 1 is 1.10 bits per heavy atom. The molecule has 2 atom stereocenters. The van der Waals surface area contributed by atoms with E-state index in [1.807, 2.05) is 32.9 Å². The van der Waals surface area contributed by atoms with Gasteiger partial charge in [0.05, 0.1) is 36.5 Å². The maximum atomic E-state index is 13.6. The SMILES string of the molecule is COc1ccc(S(=O)(=O)N(CC(C)C)c2ccc(CC[C@H](C)NC(=O)c3ccccc3O[C@H]3CCOC3)cc2O)cc1. The van der Waals surface area contributed by atoms with E-state index >= 15 is 0 Å². The highest BCUT2D eigenvalue weighted by molar-refractivity contribution is 7.92. The zero-order valence-electron chi connectivity index (χ0n) is 24.6. The number of rotatable bonds is 13. The van der Waals surface area contributed by atoms with Crippen molar-refractivity contribution >= 4 is 21.6 Å². The van der Waals surface area contributed by atoms with Crippen molar-refractivity contribution in [3.8, 4) is 17.2 Å². The van der Waals surface area contributed by atoms with E-state index in [2.05, 4.69) is 5.32 Å². The highest BCUT2D eigenvalue weighted by Gasteiger charge is 2.28. The van der Waals surface area contributed by atoms with Gasteiger partial charge in [0, 0.05) is 19.0 Å². The number of hydrogen-bond acceptors (Lipinski definition) is 7. The van der Waals surface area contributed by atoms with Gasteiger partial charge in [0.2, 0.25) is 0 Å². The number of amides is 1. The van der Waals surface area contributed by atoms with Crippen LogP contribution in [0.1, 0.15) is 49.5 Å². The molecular formula is C32H40N2O7S. The van der Waals surface area contributed by atoms with Crippen molar-refractivity contribution in [2.45, 2.75) is 57.1 Å². The average Bonchev–Trinajstić information content (AvgIpc) is 3.48. The number of carbonyl (C=O) groups excluding carboxylic acids is 1. The van der Waals surface area contributed by atoms with Gasteiger partial charge >= 0.3 is 0 Å². The van der Waals surface area contributed by atoms with Crippen molar-refractivity contribution < 1.29 is 32.5 Å². The topological polar surface area (TPSA) is 114 Å². The minimum absolute atomic E-state index is 0.0172. The first-order valence-electron chi connectivity index (χ1n) is 14.2. The third-order valence-electron chi connectivity index (χ3n) is 7.04. The van der Waals surface area contributed by atoms with Gasteiger partial charge in [-0.2, -0.15) is 0 Å². The molecule has 0 radical (unpaired) electrons. The molecule has 0 spiro atoms. The van der Waals surface area contributed by atoms with Crippen LogP contribution in [-0.2, 0) is 21.2 Å². The Hall–Kier alpha value is -3.76. The van der Waals surface area contributed by atoms with Gasteiger partial charge in [0.1, 0.15) is 23.4 Å². The molecular weight excluding hydrogens is 556 g/mol. The molecule has 0 unspecified atom stereocenters. The highest BCUT2D eigenvalue weighted by Crippen LogP contribution is 2.34. The van der Waals surface area contributed by atoms with Crippen LogP contribution < -0.4 is 19.1 Å². The van der Waals surface area contributed by atoms with Crippen LogP contribution in [0.5, 0.6) is 17.2 Å². The lowest BCUT2D eigenvalue weighted by molar-refractivity contribution is 0.0927. The molecule has 9 nitrogen and oxygen atoms in total. The van der Waals surface area contributed by atoms with E-state index in [4.69, 9.17) is 14.2 Å². The summed E-state index contributed by atoms with van der Waals surface area (Å²) in [5, 5.41) is 14.0. The second-order valence-electron chi connectivity index (χ2n) is 10.9. The minimum Gasteiger partial charge on any atom is -0.506 e. The number of hydrogen-bond donors (Lipinski definition) is 2. The van der Waals surface area contributed by atoms with E-state index in [1.165, 1.54) is 23.5 Å². The van der Waals surface area contributed by atoms with Gasteiger partial charge in [-0.3, -0.25) is 9.10 Å². The summed E-state index contributed by atoms with van der Waals surface area (Å²) in [6.07, 6.45) is 1.92. The van der Waals surface area contributed by atoms with Gasteiger partial charge in [0.25, 0.3) is 15.9 Å². The molecule has 1 amide bonds. The molecule has 1 fully saturated rings. The van der Waals surface area contributed by atoms with Gasteiger partial charge in [-0.1, -0.05) is 32.0 Å². The van der Waals surface area contributed by atoms with Gasteiger partial charge < -0.3 is 24.6 Å². The number of aryl methyl sites for hydroxylation is 1. The maximum absolute atomic E-state index is 13.6. The second kappa shape index (κ2) is 13.9. The average molecular weight is 597 g/mol. The first-order chi connectivity index (χ1) is 20.1. The summed E-state index contributed by atoms with van der Waals surface area (Å²) in [6.45, 7) is 7.13. The molecule has 226 valence electrons. The molecule has 3 aromatic carbocycles. The number of phenols is 1. The Bertz CT molecular complexity index is 1450. The minimum atomic E-state index is -3.93. The summed E-state index contributed by atoms with van der Waals surface area (Å²) in [5.41, 5.74) is 1.52. The highest BCUT2D eigenvalue weighted by atomic mass is 32.2. The largest absolute Gasteiger partial charge is 0.506 e. The van der Waals surface area contributed by atoms with E-state index < -0.39 is 10.0 Å². The Labute approximate surface area is 248 Å². The number of benzene rings is 3. The van der Waals surface area contributed by atoms with E-state index in [0.29, 0.717) is 43.1 Å². The lowest BCUT2D eigenvalue weighted by Crippen LogP contribution is -2.34. The normalized spacial score (nSPS) is 15.8. The summed E-state index contributed by atoms with van der Waals surface area (Å²) in [5.74, 6) is 0.767. The third-order valence-corrected chi connectivity index (χ3v) is 8.84. The van der Waals surface area contributed by atoms with Crippen molar-refractivity contribution in [2.75, 3.05) is 31.2 Å². The second-order valence-corrected chi connectivity index (χ2v) is 12.8. The van der Waals surface area contributed by atoms with Crippen molar-refractivity contribution in [1.29, 1.82) is 0 Å². The molecule has 42 heavy (non-hydrogen) atoms. The van der Waals surface area contributed by atoms with Crippen LogP contribution in [0.2, 0.25) is 0 Å². The van der Waals surface area contributed by atoms with Gasteiger partial charge in [-0.15, -0.1) is 0 Å². The number of phenolic OH excluding ortho intramolecular Hbond substituents is 1. The number of aromatic hydroxyl groups is 1. The van der Waals surface area contributed by atoms with Crippen molar-refractivity contribution in [2.24, 2.45) is 5.92 Å². The van der Waals surface area contributed by atoms with Crippen LogP contribution in [-0.4, -0.2) is 58.4 Å². The Morgan fingerprint density at radius 2 is 1.83 bits per heavy atom. The third kappa shape index (κ3) is 7.74. The van der Waals surface area contributed by atoms with Gasteiger partial charge in [-0.25, -0.2) is 8.42 Å². The zero-order chi connectivity index (χ0) is 30.3. The molecule has 10 heteroatoms. The monoisotopic (exact) mass is 596 g/mol. The molecule has 1 saturated heterocycles. The fourth-order valence-electron chi connectivity index (χ4n) is 4.77. The molecule has 2 N–H and O–H groups in total. The first-order valence-corrected chi connectivity index (χ1v) is 15.7. The predicted octanol–water partition coefficient (Wildman–Crippen LogP) is 5.17. The molecule has 0 saturated carbocycles. The lowest BCUT2D eigenvalue weighted by Gasteiger charge is -2.27. The molecule has 1 heterocycles. The number of nitrogens with zero attached hydrogens (tertiary/aromatic N) is 1. The summed E-state index contributed by atoms with van der Waals surface area (Å²) in [6, 6.07) is 18.2.